The number of aliphatic hydroxyl groups is 2. The molecule has 5 nitrogen and oxygen atoms in total. The van der Waals surface area contributed by atoms with Crippen LogP contribution in [0.2, 0.25) is 5.02 Å². The summed E-state index contributed by atoms with van der Waals surface area (Å²) in [5.74, 6) is 0.213. The van der Waals surface area contributed by atoms with E-state index in [4.69, 9.17) is 27.9 Å². The summed E-state index contributed by atoms with van der Waals surface area (Å²) in [7, 11) is 0. The molecule has 0 aliphatic rings. The van der Waals surface area contributed by atoms with E-state index in [-0.39, 0.29) is 25.5 Å². The second kappa shape index (κ2) is 10.4. The topological polar surface area (TPSA) is 78.8 Å². The minimum Gasteiger partial charge on any atom is -0.445 e. The van der Waals surface area contributed by atoms with Gasteiger partial charge in [0, 0.05) is 17.4 Å². The van der Waals surface area contributed by atoms with Crippen LogP contribution in [0.5, 0.6) is 0 Å². The standard InChI is InChI=1S/C19H21Cl2NO4/c20-11-15-10-14(6-7-16(15)21)18(24)17(23)8-9-22-19(25)26-12-13-4-2-1-3-5-13/h1-7,10,17-18,23-24H,8-9,11-12H2,(H,22,25). The molecule has 0 bridgehead atoms. The fourth-order valence-corrected chi connectivity index (χ4v) is 2.83. The van der Waals surface area contributed by atoms with E-state index in [0.717, 1.165) is 5.56 Å². The molecule has 2 atom stereocenters. The molecule has 7 heteroatoms. The highest BCUT2D eigenvalue weighted by Crippen LogP contribution is 2.25. The van der Waals surface area contributed by atoms with E-state index in [1.807, 2.05) is 30.3 Å². The third kappa shape index (κ3) is 6.18. The molecule has 2 aromatic rings. The zero-order chi connectivity index (χ0) is 18.9. The normalized spacial score (nSPS) is 13.1. The summed E-state index contributed by atoms with van der Waals surface area (Å²) in [6.07, 6.45) is -2.56. The first kappa shape index (κ1) is 20.5. The van der Waals surface area contributed by atoms with Gasteiger partial charge in [-0.3, -0.25) is 0 Å². The van der Waals surface area contributed by atoms with Crippen molar-refractivity contribution in [3.05, 3.63) is 70.2 Å². The summed E-state index contributed by atoms with van der Waals surface area (Å²) in [4.78, 5) is 11.7. The molecule has 3 N–H and O–H groups in total. The predicted octanol–water partition coefficient (Wildman–Crippen LogP) is 3.79. The molecule has 0 aliphatic carbocycles. The number of ether oxygens (including phenoxy) is 1. The van der Waals surface area contributed by atoms with Crippen LogP contribution in [-0.2, 0) is 17.2 Å². The molecule has 0 saturated carbocycles. The fourth-order valence-electron chi connectivity index (χ4n) is 2.36. The van der Waals surface area contributed by atoms with Crippen LogP contribution in [0.25, 0.3) is 0 Å². The predicted molar refractivity (Wildman–Crippen MR) is 101 cm³/mol. The van der Waals surface area contributed by atoms with Crippen molar-refractivity contribution in [3.63, 3.8) is 0 Å². The number of aliphatic hydroxyl groups excluding tert-OH is 2. The molecule has 0 fully saturated rings. The lowest BCUT2D eigenvalue weighted by atomic mass is 10.0. The Hall–Kier alpha value is -1.79. The van der Waals surface area contributed by atoms with Gasteiger partial charge >= 0.3 is 6.09 Å². The van der Waals surface area contributed by atoms with E-state index < -0.39 is 18.3 Å². The first-order valence-corrected chi connectivity index (χ1v) is 9.07. The maximum Gasteiger partial charge on any atom is 0.407 e. The molecule has 2 rings (SSSR count). The Morgan fingerprint density at radius 3 is 2.58 bits per heavy atom. The highest BCUT2D eigenvalue weighted by Gasteiger charge is 2.19. The second-order valence-electron chi connectivity index (χ2n) is 5.77. The van der Waals surface area contributed by atoms with Gasteiger partial charge in [-0.25, -0.2) is 4.79 Å². The van der Waals surface area contributed by atoms with Crippen LogP contribution >= 0.6 is 23.2 Å². The zero-order valence-electron chi connectivity index (χ0n) is 14.1. The molecular formula is C19H21Cl2NO4. The van der Waals surface area contributed by atoms with Crippen LogP contribution in [0.4, 0.5) is 4.79 Å². The van der Waals surface area contributed by atoms with Crippen molar-refractivity contribution in [2.45, 2.75) is 31.1 Å². The summed E-state index contributed by atoms with van der Waals surface area (Å²) in [5, 5.41) is 23.4. The van der Waals surface area contributed by atoms with Crippen molar-refractivity contribution < 1.29 is 19.7 Å². The van der Waals surface area contributed by atoms with Crippen molar-refractivity contribution in [1.82, 2.24) is 5.32 Å². The van der Waals surface area contributed by atoms with Gasteiger partial charge in [0.05, 0.1) is 6.10 Å². The van der Waals surface area contributed by atoms with Crippen LogP contribution in [0, 0.1) is 0 Å². The molecule has 0 saturated heterocycles. The number of nitrogens with one attached hydrogen (secondary N) is 1. The van der Waals surface area contributed by atoms with Crippen molar-refractivity contribution in [1.29, 1.82) is 0 Å². The number of benzene rings is 2. The number of alkyl halides is 1. The van der Waals surface area contributed by atoms with Crippen molar-refractivity contribution >= 4 is 29.3 Å². The summed E-state index contributed by atoms with van der Waals surface area (Å²) >= 11 is 11.8. The number of amides is 1. The van der Waals surface area contributed by atoms with Crippen molar-refractivity contribution in [2.24, 2.45) is 0 Å². The SMILES string of the molecule is O=C(NCCC(O)C(O)c1ccc(Cl)c(CCl)c1)OCc1ccccc1. The Bertz CT molecular complexity index is 712. The van der Waals surface area contributed by atoms with Gasteiger partial charge in [-0.2, -0.15) is 0 Å². The van der Waals surface area contributed by atoms with Gasteiger partial charge < -0.3 is 20.3 Å². The Morgan fingerprint density at radius 2 is 1.88 bits per heavy atom. The third-order valence-electron chi connectivity index (χ3n) is 3.84. The first-order valence-electron chi connectivity index (χ1n) is 8.16. The lowest BCUT2D eigenvalue weighted by molar-refractivity contribution is 0.0136. The Kier molecular flexibility index (Phi) is 8.19. The van der Waals surface area contributed by atoms with Crippen molar-refractivity contribution in [3.8, 4) is 0 Å². The zero-order valence-corrected chi connectivity index (χ0v) is 15.6. The molecule has 26 heavy (non-hydrogen) atoms. The largest absolute Gasteiger partial charge is 0.445 e. The minimum absolute atomic E-state index is 0.167. The van der Waals surface area contributed by atoms with Gasteiger partial charge in [0.25, 0.3) is 0 Å². The minimum atomic E-state index is -1.10. The lowest BCUT2D eigenvalue weighted by Crippen LogP contribution is -2.29. The van der Waals surface area contributed by atoms with Crippen LogP contribution in [0.1, 0.15) is 29.2 Å². The van der Waals surface area contributed by atoms with E-state index in [9.17, 15) is 15.0 Å². The number of hydrogen-bond donors (Lipinski definition) is 3. The van der Waals surface area contributed by atoms with Crippen molar-refractivity contribution in [2.75, 3.05) is 6.54 Å². The Labute approximate surface area is 162 Å². The maximum atomic E-state index is 11.7. The summed E-state index contributed by atoms with van der Waals surface area (Å²) < 4.78 is 5.07. The molecule has 2 aromatic carbocycles. The molecule has 0 aromatic heterocycles. The highest BCUT2D eigenvalue weighted by molar-refractivity contribution is 6.32. The average Bonchev–Trinajstić information content (AvgIpc) is 2.67. The summed E-state index contributed by atoms with van der Waals surface area (Å²) in [6.45, 7) is 0.339. The monoisotopic (exact) mass is 397 g/mol. The quantitative estimate of drug-likeness (QED) is 0.592. The van der Waals surface area contributed by atoms with Gasteiger partial charge in [-0.15, -0.1) is 11.6 Å². The Morgan fingerprint density at radius 1 is 1.15 bits per heavy atom. The molecule has 140 valence electrons. The number of alkyl carbamates (subject to hydrolysis) is 1. The number of hydrogen-bond acceptors (Lipinski definition) is 4. The third-order valence-corrected chi connectivity index (χ3v) is 4.50. The maximum absolute atomic E-state index is 11.7. The average molecular weight is 398 g/mol. The summed E-state index contributed by atoms with van der Waals surface area (Å²) in [6, 6.07) is 14.2. The van der Waals surface area contributed by atoms with E-state index in [1.54, 1.807) is 18.2 Å². The van der Waals surface area contributed by atoms with Crippen LogP contribution < -0.4 is 5.32 Å². The van der Waals surface area contributed by atoms with Gasteiger partial charge in [-0.05, 0) is 29.2 Å². The molecule has 0 radical (unpaired) electrons. The van der Waals surface area contributed by atoms with E-state index in [0.29, 0.717) is 16.1 Å². The smallest absolute Gasteiger partial charge is 0.407 e. The van der Waals surface area contributed by atoms with Crippen LogP contribution in [0.15, 0.2) is 48.5 Å². The second-order valence-corrected chi connectivity index (χ2v) is 6.45. The number of carbonyl (C=O) groups excluding carboxylic acids is 1. The molecule has 0 spiro atoms. The highest BCUT2D eigenvalue weighted by atomic mass is 35.5. The Balaban J connectivity index is 1.75. The van der Waals surface area contributed by atoms with Gasteiger partial charge in [0.15, 0.2) is 0 Å². The number of rotatable bonds is 8. The summed E-state index contributed by atoms with van der Waals surface area (Å²) in [5.41, 5.74) is 2.08. The van der Waals surface area contributed by atoms with E-state index >= 15 is 0 Å². The number of halogens is 2. The molecule has 0 aliphatic heterocycles. The van der Waals surface area contributed by atoms with Gasteiger partial charge in [0.2, 0.25) is 0 Å². The van der Waals surface area contributed by atoms with E-state index in [2.05, 4.69) is 5.32 Å². The van der Waals surface area contributed by atoms with Crippen LogP contribution in [-0.4, -0.2) is 29.0 Å². The van der Waals surface area contributed by atoms with Gasteiger partial charge in [0.1, 0.15) is 12.7 Å². The molecule has 2 unspecified atom stereocenters. The number of carbonyl (C=O) groups is 1. The van der Waals surface area contributed by atoms with Gasteiger partial charge in [-0.1, -0.05) is 54.1 Å². The lowest BCUT2D eigenvalue weighted by Gasteiger charge is -2.19. The molecular weight excluding hydrogens is 377 g/mol. The molecule has 0 heterocycles. The first-order chi connectivity index (χ1) is 12.5. The van der Waals surface area contributed by atoms with E-state index in [1.165, 1.54) is 0 Å². The van der Waals surface area contributed by atoms with Crippen LogP contribution in [0.3, 0.4) is 0 Å². The fraction of sp³-hybridized carbons (Fsp3) is 0.316. The molecule has 1 amide bonds.